The lowest BCUT2D eigenvalue weighted by Crippen LogP contribution is -2.65. The summed E-state index contributed by atoms with van der Waals surface area (Å²) in [5.41, 5.74) is 0.0111. The van der Waals surface area contributed by atoms with Crippen molar-refractivity contribution in [3.8, 4) is 0 Å². The van der Waals surface area contributed by atoms with Crippen LogP contribution < -0.4 is 10.6 Å². The number of nitrogens with zero attached hydrogens (tertiary/aromatic N) is 2. The van der Waals surface area contributed by atoms with Crippen molar-refractivity contribution in [1.82, 2.24) is 15.2 Å². The molecule has 2 fully saturated rings. The minimum atomic E-state index is -4.52. The highest BCUT2D eigenvalue weighted by molar-refractivity contribution is 5.89. The first-order valence-corrected chi connectivity index (χ1v) is 10.5. The summed E-state index contributed by atoms with van der Waals surface area (Å²) in [5, 5.41) is 16.1. The molecule has 0 radical (unpaired) electrons. The third-order valence-corrected chi connectivity index (χ3v) is 5.83. The summed E-state index contributed by atoms with van der Waals surface area (Å²) < 4.78 is 50.3. The van der Waals surface area contributed by atoms with Crippen LogP contribution in [0.5, 0.6) is 0 Å². The van der Waals surface area contributed by atoms with Gasteiger partial charge in [-0.2, -0.15) is 13.2 Å². The number of ether oxygens (including phenoxy) is 2. The van der Waals surface area contributed by atoms with Crippen molar-refractivity contribution < 1.29 is 32.5 Å². The van der Waals surface area contributed by atoms with Crippen molar-refractivity contribution in [2.45, 2.75) is 43.2 Å². The Hall–Kier alpha value is -2.73. The highest BCUT2D eigenvalue weighted by atomic mass is 19.4. The Kier molecular flexibility index (Phi) is 6.84. The second-order valence-corrected chi connectivity index (χ2v) is 8.11. The second kappa shape index (κ2) is 9.64. The van der Waals surface area contributed by atoms with Gasteiger partial charge < -0.3 is 25.2 Å². The third-order valence-electron chi connectivity index (χ3n) is 5.83. The fourth-order valence-corrected chi connectivity index (χ4v) is 4.13. The van der Waals surface area contributed by atoms with Gasteiger partial charge in [-0.1, -0.05) is 12.1 Å². The van der Waals surface area contributed by atoms with Crippen LogP contribution >= 0.6 is 0 Å². The monoisotopic (exact) mass is 466 g/mol. The molecule has 4 rings (SSSR count). The molecule has 178 valence electrons. The molecule has 3 heterocycles. The number of carbonyl (C=O) groups is 1. The van der Waals surface area contributed by atoms with E-state index in [9.17, 15) is 23.1 Å². The number of urea groups is 1. The van der Waals surface area contributed by atoms with Crippen LogP contribution in [-0.4, -0.2) is 71.8 Å². The second-order valence-electron chi connectivity index (χ2n) is 8.11. The molecule has 33 heavy (non-hydrogen) atoms. The van der Waals surface area contributed by atoms with Crippen LogP contribution in [-0.2, 0) is 22.1 Å². The Morgan fingerprint density at radius 2 is 2.09 bits per heavy atom. The number of fused-ring (bicyclic) bond motifs is 2. The van der Waals surface area contributed by atoms with Gasteiger partial charge in [0.05, 0.1) is 30.4 Å². The van der Waals surface area contributed by atoms with Crippen molar-refractivity contribution in [1.29, 1.82) is 0 Å². The minimum absolute atomic E-state index is 0.0156. The number of rotatable bonds is 6. The van der Waals surface area contributed by atoms with Crippen LogP contribution in [0.3, 0.4) is 0 Å². The van der Waals surface area contributed by atoms with Crippen LogP contribution in [0.2, 0.25) is 0 Å². The number of hydrogen-bond donors (Lipinski definition) is 3. The molecule has 5 atom stereocenters. The number of likely N-dealkylation sites (N-methyl/N-ethyl adjacent to an activating group) is 1. The number of carbonyl (C=O) groups excluding carboxylic acids is 1. The SMILES string of the molecule is CN(CCc1ccccn1)C1C2OCC(O2)C(NC(=O)Nc2cccc(C(F)(F)F)c2)C1O. The van der Waals surface area contributed by atoms with Crippen LogP contribution in [0.15, 0.2) is 48.7 Å². The quantitative estimate of drug-likeness (QED) is 0.605. The van der Waals surface area contributed by atoms with Gasteiger partial charge in [-0.3, -0.25) is 9.88 Å². The van der Waals surface area contributed by atoms with E-state index in [-0.39, 0.29) is 12.3 Å². The van der Waals surface area contributed by atoms with Gasteiger partial charge in [-0.25, -0.2) is 4.79 Å². The van der Waals surface area contributed by atoms with E-state index in [1.165, 1.54) is 12.1 Å². The van der Waals surface area contributed by atoms with Gasteiger partial charge in [0.15, 0.2) is 6.29 Å². The smallest absolute Gasteiger partial charge is 0.389 e. The van der Waals surface area contributed by atoms with Crippen LogP contribution in [0, 0.1) is 0 Å². The predicted octanol–water partition coefficient (Wildman–Crippen LogP) is 2.25. The van der Waals surface area contributed by atoms with Gasteiger partial charge >= 0.3 is 12.2 Å². The zero-order valence-electron chi connectivity index (χ0n) is 17.8. The number of hydrogen-bond acceptors (Lipinski definition) is 6. The average molecular weight is 466 g/mol. The molecule has 0 aliphatic carbocycles. The summed E-state index contributed by atoms with van der Waals surface area (Å²) in [4.78, 5) is 18.7. The molecule has 2 bridgehead atoms. The number of aliphatic hydroxyl groups excluding tert-OH is 1. The van der Waals surface area contributed by atoms with E-state index in [4.69, 9.17) is 9.47 Å². The molecule has 2 aromatic rings. The molecule has 1 aromatic heterocycles. The number of alkyl halides is 3. The molecular weight excluding hydrogens is 441 g/mol. The Morgan fingerprint density at radius 3 is 2.82 bits per heavy atom. The number of nitrogens with one attached hydrogen (secondary N) is 2. The Balaban J connectivity index is 1.40. The molecule has 2 aliphatic heterocycles. The summed E-state index contributed by atoms with van der Waals surface area (Å²) in [7, 11) is 1.82. The van der Waals surface area contributed by atoms with Crippen LogP contribution in [0.4, 0.5) is 23.7 Å². The standard InChI is InChI=1S/C22H25F3N4O4/c1-29(10-8-14-6-2-3-9-26-14)18-19(30)17(16-12-32-20(18)33-16)28-21(31)27-15-7-4-5-13(11-15)22(23,24)25/h2-7,9,11,16-20,30H,8,10,12H2,1H3,(H2,27,28,31). The molecule has 0 saturated carbocycles. The lowest BCUT2D eigenvalue weighted by atomic mass is 9.95. The molecular formula is C22H25F3N4O4. The first-order chi connectivity index (χ1) is 15.7. The Labute approximate surface area is 188 Å². The van der Waals surface area contributed by atoms with Crippen molar-refractivity contribution in [3.63, 3.8) is 0 Å². The van der Waals surface area contributed by atoms with E-state index in [1.54, 1.807) is 6.20 Å². The predicted molar refractivity (Wildman–Crippen MR) is 112 cm³/mol. The van der Waals surface area contributed by atoms with E-state index in [1.807, 2.05) is 30.1 Å². The summed E-state index contributed by atoms with van der Waals surface area (Å²) in [6, 6.07) is 7.86. The summed E-state index contributed by atoms with van der Waals surface area (Å²) in [6.45, 7) is 0.747. The van der Waals surface area contributed by atoms with Crippen molar-refractivity contribution >= 4 is 11.7 Å². The highest BCUT2D eigenvalue weighted by Crippen LogP contribution is 2.32. The topological polar surface area (TPSA) is 96.0 Å². The fourth-order valence-electron chi connectivity index (χ4n) is 4.13. The van der Waals surface area contributed by atoms with Gasteiger partial charge in [0.25, 0.3) is 0 Å². The van der Waals surface area contributed by atoms with Crippen LogP contribution in [0.1, 0.15) is 11.3 Å². The molecule has 2 aliphatic rings. The lowest BCUT2D eigenvalue weighted by molar-refractivity contribution is -0.176. The van der Waals surface area contributed by atoms with Crippen molar-refractivity contribution in [3.05, 3.63) is 59.9 Å². The van der Waals surface area contributed by atoms with E-state index >= 15 is 0 Å². The van der Waals surface area contributed by atoms with Crippen molar-refractivity contribution in [2.24, 2.45) is 0 Å². The average Bonchev–Trinajstić information content (AvgIpc) is 3.21. The molecule has 5 unspecified atom stereocenters. The maximum absolute atomic E-state index is 12.9. The molecule has 0 spiro atoms. The number of anilines is 1. The zero-order chi connectivity index (χ0) is 23.6. The number of benzene rings is 1. The maximum Gasteiger partial charge on any atom is 0.416 e. The molecule has 1 aromatic carbocycles. The number of pyridine rings is 1. The summed E-state index contributed by atoms with van der Waals surface area (Å²) in [6.07, 6.45) is -4.41. The molecule has 11 heteroatoms. The largest absolute Gasteiger partial charge is 0.416 e. The van der Waals surface area contributed by atoms with Crippen LogP contribution in [0.25, 0.3) is 0 Å². The molecule has 2 saturated heterocycles. The molecule has 3 N–H and O–H groups in total. The number of aromatic nitrogens is 1. The fraction of sp³-hybridized carbons (Fsp3) is 0.455. The number of halogens is 3. The lowest BCUT2D eigenvalue weighted by Gasteiger charge is -2.42. The normalized spacial score (nSPS) is 26.9. The first-order valence-electron chi connectivity index (χ1n) is 10.5. The van der Waals surface area contributed by atoms with Gasteiger partial charge in [-0.15, -0.1) is 0 Å². The highest BCUT2D eigenvalue weighted by Gasteiger charge is 2.52. The van der Waals surface area contributed by atoms with Gasteiger partial charge in [0.1, 0.15) is 6.10 Å². The first kappa shape index (κ1) is 23.4. The van der Waals surface area contributed by atoms with E-state index < -0.39 is 48.4 Å². The number of aliphatic hydroxyl groups is 1. The maximum atomic E-state index is 12.9. The van der Waals surface area contributed by atoms with Gasteiger partial charge in [0.2, 0.25) is 0 Å². The number of amides is 2. The molecule has 8 nitrogen and oxygen atoms in total. The third kappa shape index (κ3) is 5.44. The summed E-state index contributed by atoms with van der Waals surface area (Å²) >= 11 is 0. The molecule has 2 amide bonds. The Bertz CT molecular complexity index is 962. The minimum Gasteiger partial charge on any atom is -0.389 e. The van der Waals surface area contributed by atoms with Gasteiger partial charge in [-0.05, 0) is 37.4 Å². The van der Waals surface area contributed by atoms with Crippen molar-refractivity contribution in [2.75, 3.05) is 25.5 Å². The van der Waals surface area contributed by atoms with E-state index in [0.717, 1.165) is 17.8 Å². The zero-order valence-corrected chi connectivity index (χ0v) is 17.8. The van der Waals surface area contributed by atoms with E-state index in [2.05, 4.69) is 15.6 Å². The van der Waals surface area contributed by atoms with Gasteiger partial charge in [0, 0.05) is 30.5 Å². The summed E-state index contributed by atoms with van der Waals surface area (Å²) in [5.74, 6) is 0. The Morgan fingerprint density at radius 1 is 1.27 bits per heavy atom. The van der Waals surface area contributed by atoms with E-state index in [0.29, 0.717) is 13.0 Å².